The molecule has 0 aliphatic heterocycles. The Bertz CT molecular complexity index is 1310. The van der Waals surface area contributed by atoms with Crippen LogP contribution in [0.1, 0.15) is 41.8 Å². The lowest BCUT2D eigenvalue weighted by Crippen LogP contribution is -2.25. The first-order chi connectivity index (χ1) is 14.3. The first-order valence-electron chi connectivity index (χ1n) is 10.2. The van der Waals surface area contributed by atoms with Crippen molar-refractivity contribution in [2.24, 2.45) is 5.92 Å². The highest BCUT2D eigenvalue weighted by molar-refractivity contribution is 6.06. The number of nitrogens with zero attached hydrogens (tertiary/aromatic N) is 2. The molecule has 2 N–H and O–H groups in total. The highest BCUT2D eigenvalue weighted by Crippen LogP contribution is 2.23. The van der Waals surface area contributed by atoms with Gasteiger partial charge in [-0.05, 0) is 67.6 Å². The summed E-state index contributed by atoms with van der Waals surface area (Å²) in [5, 5.41) is 7.44. The van der Waals surface area contributed by atoms with Crippen molar-refractivity contribution in [1.82, 2.24) is 20.1 Å². The van der Waals surface area contributed by atoms with Crippen molar-refractivity contribution in [3.8, 4) is 5.69 Å². The van der Waals surface area contributed by atoms with Gasteiger partial charge in [-0.15, -0.1) is 0 Å². The Hall–Kier alpha value is -3.41. The molecule has 2 aromatic heterocycles. The van der Waals surface area contributed by atoms with Crippen molar-refractivity contribution in [3.05, 3.63) is 69.6 Å². The molecular weight excluding hydrogens is 376 g/mol. The molecule has 0 fully saturated rings. The van der Waals surface area contributed by atoms with Gasteiger partial charge in [0.05, 0.1) is 22.1 Å². The van der Waals surface area contributed by atoms with Crippen molar-refractivity contribution in [2.45, 2.75) is 34.1 Å². The predicted octanol–water partition coefficient (Wildman–Crippen LogP) is 4.26. The lowest BCUT2D eigenvalue weighted by molar-refractivity contribution is 0.0952. The number of fused-ring (bicyclic) bond motifs is 3. The number of amides is 1. The van der Waals surface area contributed by atoms with Crippen LogP contribution in [0.4, 0.5) is 0 Å². The van der Waals surface area contributed by atoms with Gasteiger partial charge in [-0.2, -0.15) is 0 Å². The first kappa shape index (κ1) is 19.9. The smallest absolute Gasteiger partial charge is 0.280 e. The monoisotopic (exact) mass is 402 g/mol. The lowest BCUT2D eigenvalue weighted by atomic mass is 10.1. The van der Waals surface area contributed by atoms with Crippen molar-refractivity contribution >= 4 is 27.7 Å². The van der Waals surface area contributed by atoms with E-state index in [1.165, 1.54) is 10.2 Å². The molecule has 0 saturated heterocycles. The number of pyridine rings is 1. The molecule has 6 heteroatoms. The van der Waals surface area contributed by atoms with Gasteiger partial charge < -0.3 is 5.32 Å². The molecular formula is C24H26N4O2. The number of aromatic nitrogens is 3. The molecule has 0 saturated carbocycles. The highest BCUT2D eigenvalue weighted by Gasteiger charge is 2.14. The van der Waals surface area contributed by atoms with E-state index in [0.29, 0.717) is 28.9 Å². The molecule has 1 amide bonds. The molecule has 0 aliphatic rings. The van der Waals surface area contributed by atoms with Crippen molar-refractivity contribution in [1.29, 1.82) is 0 Å². The summed E-state index contributed by atoms with van der Waals surface area (Å²) in [6.45, 7) is 8.95. The lowest BCUT2D eigenvalue weighted by Gasteiger charge is -2.08. The summed E-state index contributed by atoms with van der Waals surface area (Å²) < 4.78 is 1.54. The summed E-state index contributed by atoms with van der Waals surface area (Å²) in [6, 6.07) is 11.3. The number of carbonyl (C=O) groups excluding carboxylic acids is 1. The molecule has 6 nitrogen and oxygen atoms in total. The maximum Gasteiger partial charge on any atom is 0.280 e. The van der Waals surface area contributed by atoms with E-state index < -0.39 is 0 Å². The zero-order valence-corrected chi connectivity index (χ0v) is 17.7. The summed E-state index contributed by atoms with van der Waals surface area (Å²) in [5.74, 6) is 0.409. The van der Waals surface area contributed by atoms with Gasteiger partial charge in [0.15, 0.2) is 0 Å². The number of aromatic amines is 1. The van der Waals surface area contributed by atoms with Gasteiger partial charge in [0.1, 0.15) is 0 Å². The van der Waals surface area contributed by atoms with Gasteiger partial charge in [-0.25, -0.2) is 4.68 Å². The van der Waals surface area contributed by atoms with Crippen LogP contribution in [0.5, 0.6) is 0 Å². The van der Waals surface area contributed by atoms with Crippen LogP contribution in [0.15, 0.2) is 47.4 Å². The number of benzene rings is 2. The third kappa shape index (κ3) is 3.61. The zero-order valence-electron chi connectivity index (χ0n) is 17.7. The Kier molecular flexibility index (Phi) is 5.16. The van der Waals surface area contributed by atoms with Gasteiger partial charge in [0, 0.05) is 23.7 Å². The second kappa shape index (κ2) is 7.78. The van der Waals surface area contributed by atoms with Gasteiger partial charge in [-0.3, -0.25) is 19.7 Å². The fourth-order valence-corrected chi connectivity index (χ4v) is 3.52. The van der Waals surface area contributed by atoms with Gasteiger partial charge in [-0.1, -0.05) is 19.9 Å². The average molecular weight is 402 g/mol. The average Bonchev–Trinajstić information content (AvgIpc) is 3.06. The standard InChI is InChI=1S/C24H26N4O2/c1-14(2)9-10-25-23(29)17-6-8-21-19(12-17)22-20(13-26-21)24(30)28(27-22)18-7-5-15(3)16(4)11-18/h5-8,11-14,27H,9-10H2,1-4H3,(H,25,29). The molecule has 30 heavy (non-hydrogen) atoms. The topological polar surface area (TPSA) is 79.8 Å². The molecule has 0 radical (unpaired) electrons. The second-order valence-corrected chi connectivity index (χ2v) is 8.24. The third-order valence-electron chi connectivity index (χ3n) is 5.54. The molecule has 4 aromatic rings. The fourth-order valence-electron chi connectivity index (χ4n) is 3.52. The van der Waals surface area contributed by atoms with E-state index in [9.17, 15) is 9.59 Å². The zero-order chi connectivity index (χ0) is 21.4. The van der Waals surface area contributed by atoms with Crippen LogP contribution in [-0.2, 0) is 0 Å². The molecule has 0 bridgehead atoms. The summed E-state index contributed by atoms with van der Waals surface area (Å²) >= 11 is 0. The summed E-state index contributed by atoms with van der Waals surface area (Å²) in [7, 11) is 0. The number of hydrogen-bond donors (Lipinski definition) is 2. The van der Waals surface area contributed by atoms with Crippen molar-refractivity contribution < 1.29 is 4.79 Å². The number of H-pyrrole nitrogens is 1. The van der Waals surface area contributed by atoms with E-state index in [1.807, 2.05) is 38.1 Å². The van der Waals surface area contributed by atoms with Crippen LogP contribution < -0.4 is 10.9 Å². The Balaban J connectivity index is 1.79. The Labute approximate surface area is 174 Å². The maximum atomic E-state index is 13.0. The predicted molar refractivity (Wildman–Crippen MR) is 120 cm³/mol. The van der Waals surface area contributed by atoms with E-state index in [2.05, 4.69) is 29.2 Å². The number of carbonyl (C=O) groups is 1. The quantitative estimate of drug-likeness (QED) is 0.523. The van der Waals surface area contributed by atoms with E-state index >= 15 is 0 Å². The number of aryl methyl sites for hydroxylation is 2. The highest BCUT2D eigenvalue weighted by atomic mass is 16.1. The van der Waals surface area contributed by atoms with Gasteiger partial charge in [0.2, 0.25) is 0 Å². The molecule has 2 aromatic carbocycles. The SMILES string of the molecule is Cc1ccc(-n2[nH]c3c(cnc4ccc(C(=O)NCCC(C)C)cc43)c2=O)cc1C. The minimum Gasteiger partial charge on any atom is -0.352 e. The van der Waals surface area contributed by atoms with E-state index in [0.717, 1.165) is 28.6 Å². The van der Waals surface area contributed by atoms with Crippen LogP contribution in [-0.4, -0.2) is 27.2 Å². The second-order valence-electron chi connectivity index (χ2n) is 8.24. The van der Waals surface area contributed by atoms with Gasteiger partial charge in [0.25, 0.3) is 11.5 Å². The van der Waals surface area contributed by atoms with Crippen LogP contribution in [0.2, 0.25) is 0 Å². The van der Waals surface area contributed by atoms with Crippen molar-refractivity contribution in [3.63, 3.8) is 0 Å². The largest absolute Gasteiger partial charge is 0.352 e. The molecule has 0 spiro atoms. The molecule has 0 atom stereocenters. The fraction of sp³-hybridized carbons (Fsp3) is 0.292. The van der Waals surface area contributed by atoms with E-state index in [-0.39, 0.29) is 11.5 Å². The summed E-state index contributed by atoms with van der Waals surface area (Å²) in [5.41, 5.74) is 4.86. The molecule has 0 unspecified atom stereocenters. The normalized spacial score (nSPS) is 11.5. The summed E-state index contributed by atoms with van der Waals surface area (Å²) in [4.78, 5) is 30.0. The van der Waals surface area contributed by atoms with Gasteiger partial charge >= 0.3 is 0 Å². The molecule has 2 heterocycles. The molecule has 154 valence electrons. The first-order valence-corrected chi connectivity index (χ1v) is 10.2. The van der Waals surface area contributed by atoms with E-state index in [1.54, 1.807) is 18.3 Å². The minimum absolute atomic E-state index is 0.120. The van der Waals surface area contributed by atoms with Crippen LogP contribution in [0.3, 0.4) is 0 Å². The number of hydrogen-bond acceptors (Lipinski definition) is 3. The van der Waals surface area contributed by atoms with Crippen LogP contribution in [0.25, 0.3) is 27.5 Å². The Morgan fingerprint density at radius 2 is 1.90 bits per heavy atom. The number of rotatable bonds is 5. The van der Waals surface area contributed by atoms with Crippen LogP contribution in [0, 0.1) is 19.8 Å². The van der Waals surface area contributed by atoms with Crippen molar-refractivity contribution in [2.75, 3.05) is 6.54 Å². The molecule has 0 aliphatic carbocycles. The minimum atomic E-state index is -0.158. The van der Waals surface area contributed by atoms with E-state index in [4.69, 9.17) is 0 Å². The van der Waals surface area contributed by atoms with Crippen LogP contribution >= 0.6 is 0 Å². The Morgan fingerprint density at radius 1 is 1.10 bits per heavy atom. The number of nitrogens with one attached hydrogen (secondary N) is 2. The molecule has 4 rings (SSSR count). The Morgan fingerprint density at radius 3 is 2.63 bits per heavy atom. The maximum absolute atomic E-state index is 13.0. The third-order valence-corrected chi connectivity index (χ3v) is 5.54. The summed E-state index contributed by atoms with van der Waals surface area (Å²) in [6.07, 6.45) is 2.52.